The number of methoxy groups -OCH3 is 2. The smallest absolute Gasteiger partial charge is 0.161 e. The van der Waals surface area contributed by atoms with Gasteiger partial charge < -0.3 is 23.9 Å². The number of aliphatic hydroxyl groups is 1. The van der Waals surface area contributed by atoms with E-state index in [9.17, 15) is 5.11 Å². The van der Waals surface area contributed by atoms with Crippen molar-refractivity contribution in [2.75, 3.05) is 20.8 Å². The van der Waals surface area contributed by atoms with Gasteiger partial charge in [-0.05, 0) is 77.9 Å². The van der Waals surface area contributed by atoms with E-state index < -0.39 is 0 Å². The predicted octanol–water partition coefficient (Wildman–Crippen LogP) is 5.15. The Balaban J connectivity index is 1.36. The summed E-state index contributed by atoms with van der Waals surface area (Å²) in [6.45, 7) is 4.38. The number of benzene rings is 3. The third kappa shape index (κ3) is 3.72. The van der Waals surface area contributed by atoms with Gasteiger partial charge in [0.05, 0.1) is 19.7 Å². The highest BCUT2D eigenvalue weighted by Crippen LogP contribution is 2.45. The monoisotopic (exact) mass is 484 g/mol. The van der Waals surface area contributed by atoms with Gasteiger partial charge in [-0.25, -0.2) is 0 Å². The van der Waals surface area contributed by atoms with Crippen LogP contribution in [-0.2, 0) is 32.7 Å². The van der Waals surface area contributed by atoms with E-state index in [-0.39, 0.29) is 12.8 Å². The molecule has 0 saturated carbocycles. The molecule has 0 radical (unpaired) electrons. The topological polar surface area (TPSA) is 56.1 Å². The molecule has 0 saturated heterocycles. The maximum atomic E-state index is 10.2. The second kappa shape index (κ2) is 9.19. The van der Waals surface area contributed by atoms with Gasteiger partial charge in [0, 0.05) is 30.2 Å². The fourth-order valence-corrected chi connectivity index (χ4v) is 5.93. The van der Waals surface area contributed by atoms with Gasteiger partial charge in [0.15, 0.2) is 11.5 Å². The van der Waals surface area contributed by atoms with E-state index in [1.807, 2.05) is 22.8 Å². The van der Waals surface area contributed by atoms with Gasteiger partial charge in [0.25, 0.3) is 0 Å². The molecule has 4 aromatic rings. The van der Waals surface area contributed by atoms with Crippen molar-refractivity contribution in [2.24, 2.45) is 0 Å². The normalized spacial score (nSPS) is 16.8. The molecule has 1 N–H and O–H groups in total. The molecule has 2 aliphatic heterocycles. The van der Waals surface area contributed by atoms with Crippen LogP contribution in [0.2, 0.25) is 0 Å². The Hall–Kier alpha value is -3.48. The number of hydrogen-bond acceptors (Lipinski definition) is 5. The Morgan fingerprint density at radius 1 is 1.00 bits per heavy atom. The number of fused-ring (bicyclic) bond motifs is 6. The Morgan fingerprint density at radius 2 is 1.86 bits per heavy atom. The van der Waals surface area contributed by atoms with E-state index >= 15 is 0 Å². The SMILES string of the molecule is COc1ccc2c(c1)c1c(n2CO)CN2CCc3cc(OCc4ccccc4C)c(OC)cc3C2C1. The van der Waals surface area contributed by atoms with Crippen molar-refractivity contribution in [2.45, 2.75) is 45.7 Å². The number of aryl methyl sites for hydroxylation is 1. The summed E-state index contributed by atoms with van der Waals surface area (Å²) in [6, 6.07) is 19.0. The highest BCUT2D eigenvalue weighted by atomic mass is 16.5. The third-order valence-corrected chi connectivity index (χ3v) is 7.92. The first kappa shape index (κ1) is 23.0. The molecule has 3 heterocycles. The first-order chi connectivity index (χ1) is 17.6. The van der Waals surface area contributed by atoms with Crippen LogP contribution in [0.4, 0.5) is 0 Å². The summed E-state index contributed by atoms with van der Waals surface area (Å²) in [5, 5.41) is 11.4. The van der Waals surface area contributed by atoms with Crippen molar-refractivity contribution in [1.29, 1.82) is 0 Å². The fraction of sp³-hybridized carbons (Fsp3) is 0.333. The zero-order valence-corrected chi connectivity index (χ0v) is 21.1. The Morgan fingerprint density at radius 3 is 2.64 bits per heavy atom. The molecule has 1 atom stereocenters. The third-order valence-electron chi connectivity index (χ3n) is 7.92. The summed E-state index contributed by atoms with van der Waals surface area (Å²) in [5.41, 5.74) is 8.58. The Kier molecular flexibility index (Phi) is 5.86. The molecule has 3 aromatic carbocycles. The number of ether oxygens (including phenoxy) is 3. The van der Waals surface area contributed by atoms with E-state index in [4.69, 9.17) is 14.2 Å². The Labute approximate surface area is 211 Å². The molecule has 0 bridgehead atoms. The van der Waals surface area contributed by atoms with Gasteiger partial charge in [0.1, 0.15) is 19.1 Å². The van der Waals surface area contributed by atoms with Gasteiger partial charge >= 0.3 is 0 Å². The predicted molar refractivity (Wildman–Crippen MR) is 140 cm³/mol. The molecule has 0 spiro atoms. The first-order valence-electron chi connectivity index (χ1n) is 12.5. The summed E-state index contributed by atoms with van der Waals surface area (Å²) in [6.07, 6.45) is 1.84. The van der Waals surface area contributed by atoms with E-state index in [0.29, 0.717) is 6.61 Å². The highest BCUT2D eigenvalue weighted by Gasteiger charge is 2.36. The number of aromatic nitrogens is 1. The molecule has 36 heavy (non-hydrogen) atoms. The van der Waals surface area contributed by atoms with Crippen LogP contribution in [-0.4, -0.2) is 35.3 Å². The number of aliphatic hydroxyl groups excluding tert-OH is 1. The lowest BCUT2D eigenvalue weighted by molar-refractivity contribution is 0.145. The minimum absolute atomic E-state index is 0.0251. The lowest BCUT2D eigenvalue weighted by Gasteiger charge is -2.41. The van der Waals surface area contributed by atoms with Crippen molar-refractivity contribution in [1.82, 2.24) is 9.47 Å². The second-order valence-electron chi connectivity index (χ2n) is 9.74. The summed E-state index contributed by atoms with van der Waals surface area (Å²) in [4.78, 5) is 2.53. The number of rotatable bonds is 6. The molecule has 6 nitrogen and oxygen atoms in total. The molecule has 0 amide bonds. The van der Waals surface area contributed by atoms with E-state index in [2.05, 4.69) is 48.2 Å². The largest absolute Gasteiger partial charge is 0.497 e. The van der Waals surface area contributed by atoms with Crippen LogP contribution in [0.5, 0.6) is 17.2 Å². The van der Waals surface area contributed by atoms with E-state index in [0.717, 1.165) is 54.1 Å². The van der Waals surface area contributed by atoms with Gasteiger partial charge in [-0.3, -0.25) is 4.90 Å². The molecule has 1 unspecified atom stereocenters. The molecule has 2 aliphatic rings. The molecule has 1 aromatic heterocycles. The van der Waals surface area contributed by atoms with Gasteiger partial charge in [-0.15, -0.1) is 0 Å². The van der Waals surface area contributed by atoms with Crippen molar-refractivity contribution in [3.8, 4) is 17.2 Å². The summed E-state index contributed by atoms with van der Waals surface area (Å²) >= 11 is 0. The summed E-state index contributed by atoms with van der Waals surface area (Å²) in [5.74, 6) is 2.41. The summed E-state index contributed by atoms with van der Waals surface area (Å²) < 4.78 is 19.6. The minimum atomic E-state index is -0.0251. The zero-order chi connectivity index (χ0) is 24.8. The molecule has 6 rings (SSSR count). The van der Waals surface area contributed by atoms with Crippen molar-refractivity contribution in [3.05, 3.63) is 88.1 Å². The zero-order valence-electron chi connectivity index (χ0n) is 21.1. The molecule has 6 heteroatoms. The van der Waals surface area contributed by atoms with E-state index in [1.54, 1.807) is 14.2 Å². The maximum absolute atomic E-state index is 10.2. The van der Waals surface area contributed by atoms with Crippen molar-refractivity contribution in [3.63, 3.8) is 0 Å². The van der Waals surface area contributed by atoms with Gasteiger partial charge in [-0.2, -0.15) is 0 Å². The highest BCUT2D eigenvalue weighted by molar-refractivity contribution is 5.87. The second-order valence-corrected chi connectivity index (χ2v) is 9.74. The standard InChI is InChI=1S/C30H32N2O4/c1-19-6-4-5-7-21(19)17-36-30-12-20-10-11-31-16-28-25(14-27(31)23(20)15-29(30)35-3)24-13-22(34-2)8-9-26(24)32(28)18-33/h4-9,12-13,15,27,33H,10-11,14,16-18H2,1-3H3. The Bertz CT molecular complexity index is 1440. The minimum Gasteiger partial charge on any atom is -0.497 e. The lowest BCUT2D eigenvalue weighted by atomic mass is 9.85. The average Bonchev–Trinajstić information content (AvgIpc) is 3.22. The maximum Gasteiger partial charge on any atom is 0.161 e. The lowest BCUT2D eigenvalue weighted by Crippen LogP contribution is -2.39. The van der Waals surface area contributed by atoms with E-state index in [1.165, 1.54) is 33.5 Å². The van der Waals surface area contributed by atoms with Crippen LogP contribution in [0.1, 0.15) is 39.6 Å². The quantitative estimate of drug-likeness (QED) is 0.410. The van der Waals surface area contributed by atoms with Crippen LogP contribution in [0.3, 0.4) is 0 Å². The van der Waals surface area contributed by atoms with Crippen molar-refractivity contribution < 1.29 is 19.3 Å². The van der Waals surface area contributed by atoms with Gasteiger partial charge in [0.2, 0.25) is 0 Å². The fourth-order valence-electron chi connectivity index (χ4n) is 5.93. The first-order valence-corrected chi connectivity index (χ1v) is 12.5. The molecular weight excluding hydrogens is 452 g/mol. The molecular formula is C30H32N2O4. The van der Waals surface area contributed by atoms with Crippen LogP contribution in [0.25, 0.3) is 10.9 Å². The van der Waals surface area contributed by atoms with Gasteiger partial charge in [-0.1, -0.05) is 24.3 Å². The van der Waals surface area contributed by atoms with Crippen LogP contribution in [0.15, 0.2) is 54.6 Å². The van der Waals surface area contributed by atoms with Crippen molar-refractivity contribution >= 4 is 10.9 Å². The molecule has 186 valence electrons. The average molecular weight is 485 g/mol. The number of nitrogens with zero attached hydrogens (tertiary/aromatic N) is 2. The van der Waals surface area contributed by atoms with Crippen LogP contribution >= 0.6 is 0 Å². The van der Waals surface area contributed by atoms with Crippen LogP contribution in [0, 0.1) is 6.92 Å². The number of hydrogen-bond donors (Lipinski definition) is 1. The summed E-state index contributed by atoms with van der Waals surface area (Å²) in [7, 11) is 3.41. The molecule has 0 fully saturated rings. The van der Waals surface area contributed by atoms with Crippen LogP contribution < -0.4 is 14.2 Å². The molecule has 0 aliphatic carbocycles.